The van der Waals surface area contributed by atoms with Crippen LogP contribution in [0.1, 0.15) is 41.0 Å². The van der Waals surface area contributed by atoms with Crippen LogP contribution in [0.5, 0.6) is 0 Å². The van der Waals surface area contributed by atoms with Crippen LogP contribution in [0.3, 0.4) is 0 Å². The summed E-state index contributed by atoms with van der Waals surface area (Å²) in [5.41, 5.74) is 0.432. The van der Waals surface area contributed by atoms with Crippen molar-refractivity contribution in [3.05, 3.63) is 0 Å². The van der Waals surface area contributed by atoms with E-state index in [1.54, 1.807) is 0 Å². The van der Waals surface area contributed by atoms with E-state index in [9.17, 15) is 0 Å². The fourth-order valence-corrected chi connectivity index (χ4v) is 2.15. The highest BCUT2D eigenvalue weighted by Crippen LogP contribution is 2.29. The number of nitrogens with zero attached hydrogens (tertiary/aromatic N) is 1. The van der Waals surface area contributed by atoms with E-state index in [0.717, 1.165) is 6.54 Å². The van der Waals surface area contributed by atoms with Gasteiger partial charge >= 0.3 is 0 Å². The van der Waals surface area contributed by atoms with Crippen molar-refractivity contribution in [2.45, 2.75) is 53.2 Å². The van der Waals surface area contributed by atoms with Crippen LogP contribution in [0.2, 0.25) is 0 Å². The van der Waals surface area contributed by atoms with E-state index < -0.39 is 0 Å². The number of hydrogen-bond acceptors (Lipinski definition) is 2. The summed E-state index contributed by atoms with van der Waals surface area (Å²) in [6, 6.07) is 0.713. The average molecular weight is 201 g/mol. The smallest absolute Gasteiger partial charge is 0.0713 e. The van der Waals surface area contributed by atoms with Gasteiger partial charge in [0.25, 0.3) is 0 Å². The van der Waals surface area contributed by atoms with Crippen molar-refractivity contribution in [1.29, 1.82) is 0 Å². The van der Waals surface area contributed by atoms with Crippen molar-refractivity contribution in [3.63, 3.8) is 0 Å². The monoisotopic (exact) mass is 201 g/mol. The first-order valence-electron chi connectivity index (χ1n) is 5.15. The van der Waals surface area contributed by atoms with Crippen LogP contribution in [0, 0.1) is 5.41 Å². The maximum atomic E-state index is 5.38. The standard InChI is InChI=1S/C11H23NO.CH4/c1-11(2,3)7-9-6-10(13-5)8-12(9)4;/h9-10H,6-8H2,1-5H3;1H4/t9-,10-;/m0./s1. The first-order valence-corrected chi connectivity index (χ1v) is 5.15. The molecule has 1 aliphatic heterocycles. The summed E-state index contributed by atoms with van der Waals surface area (Å²) in [4.78, 5) is 2.43. The molecule has 0 aliphatic carbocycles. The lowest BCUT2D eigenvalue weighted by atomic mass is 9.87. The van der Waals surface area contributed by atoms with Crippen LogP contribution in [-0.2, 0) is 4.74 Å². The highest BCUT2D eigenvalue weighted by Gasteiger charge is 2.31. The number of methoxy groups -OCH3 is 1. The third-order valence-corrected chi connectivity index (χ3v) is 2.83. The van der Waals surface area contributed by atoms with E-state index in [-0.39, 0.29) is 7.43 Å². The van der Waals surface area contributed by atoms with Crippen LogP contribution in [0.25, 0.3) is 0 Å². The molecule has 0 aromatic carbocycles. The van der Waals surface area contributed by atoms with Gasteiger partial charge in [-0.25, -0.2) is 0 Å². The van der Waals surface area contributed by atoms with E-state index >= 15 is 0 Å². The van der Waals surface area contributed by atoms with Crippen molar-refractivity contribution in [2.24, 2.45) is 5.41 Å². The largest absolute Gasteiger partial charge is 0.380 e. The van der Waals surface area contributed by atoms with Gasteiger partial charge in [0.2, 0.25) is 0 Å². The summed E-state index contributed by atoms with van der Waals surface area (Å²) in [5, 5.41) is 0. The Labute approximate surface area is 89.6 Å². The van der Waals surface area contributed by atoms with E-state index in [0.29, 0.717) is 17.6 Å². The first kappa shape index (κ1) is 13.9. The SMILES string of the molecule is C.CO[C@H]1C[C@@H](CC(C)(C)C)N(C)C1. The lowest BCUT2D eigenvalue weighted by Crippen LogP contribution is -2.29. The van der Waals surface area contributed by atoms with Gasteiger partial charge in [-0.05, 0) is 25.3 Å². The van der Waals surface area contributed by atoms with Gasteiger partial charge < -0.3 is 9.64 Å². The second-order valence-corrected chi connectivity index (χ2v) is 5.45. The zero-order chi connectivity index (χ0) is 10.1. The minimum atomic E-state index is 0. The van der Waals surface area contributed by atoms with Crippen LogP contribution < -0.4 is 0 Å². The van der Waals surface area contributed by atoms with Gasteiger partial charge in [0.15, 0.2) is 0 Å². The van der Waals surface area contributed by atoms with E-state index in [1.807, 2.05) is 7.11 Å². The highest BCUT2D eigenvalue weighted by atomic mass is 16.5. The zero-order valence-electron chi connectivity index (χ0n) is 9.63. The minimum Gasteiger partial charge on any atom is -0.380 e. The van der Waals surface area contributed by atoms with Crippen molar-refractivity contribution >= 4 is 0 Å². The maximum Gasteiger partial charge on any atom is 0.0713 e. The molecule has 0 bridgehead atoms. The molecular weight excluding hydrogens is 174 g/mol. The van der Waals surface area contributed by atoms with Crippen molar-refractivity contribution < 1.29 is 4.74 Å². The molecule has 0 aromatic rings. The first-order chi connectivity index (χ1) is 5.92. The Kier molecular flexibility index (Phi) is 5.10. The molecule has 2 heteroatoms. The molecule has 2 nitrogen and oxygen atoms in total. The van der Waals surface area contributed by atoms with Gasteiger partial charge in [-0.1, -0.05) is 28.2 Å². The third-order valence-electron chi connectivity index (χ3n) is 2.83. The lowest BCUT2D eigenvalue weighted by Gasteiger charge is -2.27. The molecule has 0 aromatic heterocycles. The molecule has 1 aliphatic rings. The summed E-state index contributed by atoms with van der Waals surface area (Å²) in [7, 11) is 4.02. The molecule has 14 heavy (non-hydrogen) atoms. The number of likely N-dealkylation sites (tertiary alicyclic amines) is 1. The van der Waals surface area contributed by atoms with Gasteiger partial charge in [0.1, 0.15) is 0 Å². The summed E-state index contributed by atoms with van der Waals surface area (Å²) in [6.07, 6.45) is 2.92. The number of hydrogen-bond donors (Lipinski definition) is 0. The second-order valence-electron chi connectivity index (χ2n) is 5.45. The van der Waals surface area contributed by atoms with Crippen molar-refractivity contribution in [3.8, 4) is 0 Å². The number of ether oxygens (including phenoxy) is 1. The molecule has 86 valence electrons. The van der Waals surface area contributed by atoms with Crippen LogP contribution in [0.4, 0.5) is 0 Å². The summed E-state index contributed by atoms with van der Waals surface area (Å²) >= 11 is 0. The van der Waals surface area contributed by atoms with Gasteiger partial charge in [-0.3, -0.25) is 0 Å². The second kappa shape index (κ2) is 5.13. The maximum absolute atomic E-state index is 5.38. The highest BCUT2D eigenvalue weighted by molar-refractivity contribution is 4.86. The molecular formula is C12H27NO. The third kappa shape index (κ3) is 3.97. The predicted octanol–water partition coefficient (Wildman–Crippen LogP) is 2.78. The normalized spacial score (nSPS) is 28.9. The molecule has 1 rings (SSSR count). The molecule has 1 saturated heterocycles. The Bertz CT molecular complexity index is 162. The van der Waals surface area contributed by atoms with E-state index in [1.165, 1.54) is 12.8 Å². The molecule has 0 radical (unpaired) electrons. The van der Waals surface area contributed by atoms with E-state index in [2.05, 4.69) is 32.7 Å². The Balaban J connectivity index is 0.00000169. The summed E-state index contributed by atoms with van der Waals surface area (Å²) in [5.74, 6) is 0. The molecule has 0 saturated carbocycles. The van der Waals surface area contributed by atoms with Gasteiger partial charge in [-0.2, -0.15) is 0 Å². The predicted molar refractivity (Wildman–Crippen MR) is 62.6 cm³/mol. The fourth-order valence-electron chi connectivity index (χ4n) is 2.15. The fraction of sp³-hybridized carbons (Fsp3) is 1.00. The van der Waals surface area contributed by atoms with Gasteiger partial charge in [0.05, 0.1) is 6.10 Å². The zero-order valence-corrected chi connectivity index (χ0v) is 9.63. The quantitative estimate of drug-likeness (QED) is 0.681. The Morgan fingerprint density at radius 2 is 1.93 bits per heavy atom. The molecule has 1 fully saturated rings. The Morgan fingerprint density at radius 1 is 1.36 bits per heavy atom. The lowest BCUT2D eigenvalue weighted by molar-refractivity contribution is 0.111. The van der Waals surface area contributed by atoms with Crippen LogP contribution in [0.15, 0.2) is 0 Å². The molecule has 0 spiro atoms. The Hall–Kier alpha value is -0.0800. The molecule has 0 unspecified atom stereocenters. The van der Waals surface area contributed by atoms with Crippen molar-refractivity contribution in [2.75, 3.05) is 20.7 Å². The molecule has 0 amide bonds. The summed E-state index contributed by atoms with van der Waals surface area (Å²) < 4.78 is 5.38. The number of likely N-dealkylation sites (N-methyl/N-ethyl adjacent to an activating group) is 1. The molecule has 2 atom stereocenters. The Morgan fingerprint density at radius 3 is 2.29 bits per heavy atom. The number of rotatable bonds is 2. The molecule has 1 heterocycles. The van der Waals surface area contributed by atoms with Gasteiger partial charge in [-0.15, -0.1) is 0 Å². The average Bonchev–Trinajstić information content (AvgIpc) is 2.29. The molecule has 0 N–H and O–H groups in total. The van der Waals surface area contributed by atoms with Gasteiger partial charge in [0, 0.05) is 19.7 Å². The van der Waals surface area contributed by atoms with Crippen LogP contribution >= 0.6 is 0 Å². The minimum absolute atomic E-state index is 0. The van der Waals surface area contributed by atoms with Crippen molar-refractivity contribution in [1.82, 2.24) is 4.90 Å². The topological polar surface area (TPSA) is 12.5 Å². The van der Waals surface area contributed by atoms with E-state index in [4.69, 9.17) is 4.74 Å². The van der Waals surface area contributed by atoms with Crippen LogP contribution in [-0.4, -0.2) is 37.7 Å². The summed E-state index contributed by atoms with van der Waals surface area (Å²) in [6.45, 7) is 8.01.